The Morgan fingerprint density at radius 1 is 1.35 bits per heavy atom. The van der Waals surface area contributed by atoms with Crippen LogP contribution in [0, 0.1) is 12.8 Å². The maximum absolute atomic E-state index is 12.4. The van der Waals surface area contributed by atoms with E-state index in [1.165, 1.54) is 0 Å². The van der Waals surface area contributed by atoms with E-state index in [-0.39, 0.29) is 11.8 Å². The topological polar surface area (TPSA) is 49.4 Å². The van der Waals surface area contributed by atoms with Crippen molar-refractivity contribution >= 4 is 33.4 Å². The fraction of sp³-hybridized carbons (Fsp3) is 0.467. The first-order valence-electron chi connectivity index (χ1n) is 6.94. The lowest BCUT2D eigenvalue weighted by atomic mass is 10.1. The molecule has 4 nitrogen and oxygen atoms in total. The zero-order valence-corrected chi connectivity index (χ0v) is 12.9. The Morgan fingerprint density at radius 2 is 2.10 bits per heavy atom. The molecule has 0 radical (unpaired) electrons. The van der Waals surface area contributed by atoms with Gasteiger partial charge in [0.15, 0.2) is 0 Å². The Balaban J connectivity index is 1.75. The number of benzene rings is 1. The molecule has 1 aliphatic carbocycles. The molecule has 2 fully saturated rings. The van der Waals surface area contributed by atoms with Crippen LogP contribution in [0.1, 0.15) is 24.8 Å². The number of nitrogens with one attached hydrogen (secondary N) is 1. The van der Waals surface area contributed by atoms with Crippen molar-refractivity contribution in [1.29, 1.82) is 0 Å². The SMILES string of the molecule is Cc1cc(Br)ccc1N1CC[C@H](C(=O)NC2CC2)C1=O. The molecule has 2 amide bonds. The van der Waals surface area contributed by atoms with Crippen molar-refractivity contribution in [3.63, 3.8) is 0 Å². The highest BCUT2D eigenvalue weighted by Gasteiger charge is 2.39. The zero-order chi connectivity index (χ0) is 14.3. The van der Waals surface area contributed by atoms with Gasteiger partial charge in [0.2, 0.25) is 11.8 Å². The number of amides is 2. The van der Waals surface area contributed by atoms with Gasteiger partial charge in [-0.05, 0) is 49.9 Å². The van der Waals surface area contributed by atoms with Gasteiger partial charge in [0.1, 0.15) is 5.92 Å². The number of carbonyl (C=O) groups excluding carboxylic acids is 2. The minimum absolute atomic E-state index is 0.0754. The molecule has 1 saturated carbocycles. The van der Waals surface area contributed by atoms with Crippen LogP contribution in [0.3, 0.4) is 0 Å². The Morgan fingerprint density at radius 3 is 2.75 bits per heavy atom. The number of hydrogen-bond donors (Lipinski definition) is 1. The number of rotatable bonds is 3. The first-order valence-corrected chi connectivity index (χ1v) is 7.73. The van der Waals surface area contributed by atoms with Crippen molar-refractivity contribution in [3.8, 4) is 0 Å². The van der Waals surface area contributed by atoms with Crippen LogP contribution in [0.4, 0.5) is 5.69 Å². The van der Waals surface area contributed by atoms with Crippen molar-refractivity contribution in [2.24, 2.45) is 5.92 Å². The minimum atomic E-state index is -0.515. The second-order valence-electron chi connectivity index (χ2n) is 5.54. The third kappa shape index (κ3) is 2.59. The van der Waals surface area contributed by atoms with Gasteiger partial charge < -0.3 is 10.2 Å². The lowest BCUT2D eigenvalue weighted by molar-refractivity contribution is -0.132. The molecule has 1 heterocycles. The number of carbonyl (C=O) groups is 2. The van der Waals surface area contributed by atoms with E-state index in [0.29, 0.717) is 19.0 Å². The van der Waals surface area contributed by atoms with Gasteiger partial charge in [-0.2, -0.15) is 0 Å². The van der Waals surface area contributed by atoms with Crippen LogP contribution in [0.15, 0.2) is 22.7 Å². The van der Waals surface area contributed by atoms with Gasteiger partial charge in [0, 0.05) is 22.7 Å². The second-order valence-corrected chi connectivity index (χ2v) is 6.46. The van der Waals surface area contributed by atoms with Gasteiger partial charge in [-0.1, -0.05) is 15.9 Å². The Labute approximate surface area is 126 Å². The Bertz CT molecular complexity index is 569. The van der Waals surface area contributed by atoms with Crippen molar-refractivity contribution < 1.29 is 9.59 Å². The number of halogens is 1. The molecule has 0 bridgehead atoms. The van der Waals surface area contributed by atoms with Gasteiger partial charge in [-0.25, -0.2) is 0 Å². The van der Waals surface area contributed by atoms with Crippen LogP contribution >= 0.6 is 15.9 Å². The summed E-state index contributed by atoms with van der Waals surface area (Å²) >= 11 is 3.42. The largest absolute Gasteiger partial charge is 0.353 e. The lowest BCUT2D eigenvalue weighted by Crippen LogP contribution is -2.37. The molecule has 1 atom stereocenters. The van der Waals surface area contributed by atoms with Crippen LogP contribution in [0.5, 0.6) is 0 Å². The number of anilines is 1. The highest BCUT2D eigenvalue weighted by Crippen LogP contribution is 2.30. The van der Waals surface area contributed by atoms with Crippen LogP contribution in [0.25, 0.3) is 0 Å². The van der Waals surface area contributed by atoms with Crippen molar-refractivity contribution in [1.82, 2.24) is 5.32 Å². The van der Waals surface area contributed by atoms with E-state index < -0.39 is 5.92 Å². The molecule has 106 valence electrons. The van der Waals surface area contributed by atoms with E-state index in [1.807, 2.05) is 25.1 Å². The maximum Gasteiger partial charge on any atom is 0.239 e. The predicted octanol–water partition coefficient (Wildman–Crippen LogP) is 2.39. The van der Waals surface area contributed by atoms with Crippen LogP contribution in [0.2, 0.25) is 0 Å². The van der Waals surface area contributed by atoms with E-state index >= 15 is 0 Å². The van der Waals surface area contributed by atoms with Crippen molar-refractivity contribution in [2.45, 2.75) is 32.2 Å². The fourth-order valence-corrected chi connectivity index (χ4v) is 3.09. The van der Waals surface area contributed by atoms with E-state index in [0.717, 1.165) is 28.6 Å². The summed E-state index contributed by atoms with van der Waals surface area (Å²) in [6.45, 7) is 2.59. The molecule has 5 heteroatoms. The first kappa shape index (κ1) is 13.6. The first-order chi connectivity index (χ1) is 9.56. The molecule has 1 aliphatic heterocycles. The summed E-state index contributed by atoms with van der Waals surface area (Å²) in [7, 11) is 0. The summed E-state index contributed by atoms with van der Waals surface area (Å²) in [5.74, 6) is -0.693. The average molecular weight is 337 g/mol. The highest BCUT2D eigenvalue weighted by molar-refractivity contribution is 9.10. The molecule has 0 aromatic heterocycles. The lowest BCUT2D eigenvalue weighted by Gasteiger charge is -2.19. The molecule has 1 aromatic carbocycles. The van der Waals surface area contributed by atoms with Crippen molar-refractivity contribution in [3.05, 3.63) is 28.2 Å². The molecular formula is C15H17BrN2O2. The van der Waals surface area contributed by atoms with Crippen LogP contribution in [-0.2, 0) is 9.59 Å². The van der Waals surface area contributed by atoms with Gasteiger partial charge in [0.25, 0.3) is 0 Å². The number of aryl methyl sites for hydroxylation is 1. The molecule has 3 rings (SSSR count). The molecule has 1 aromatic rings. The Hall–Kier alpha value is -1.36. The highest BCUT2D eigenvalue weighted by atomic mass is 79.9. The molecule has 2 aliphatic rings. The minimum Gasteiger partial charge on any atom is -0.353 e. The normalized spacial score (nSPS) is 22.2. The van der Waals surface area contributed by atoms with Gasteiger partial charge >= 0.3 is 0 Å². The average Bonchev–Trinajstić information content (AvgIpc) is 3.12. The molecule has 0 unspecified atom stereocenters. The summed E-state index contributed by atoms with van der Waals surface area (Å²) in [6, 6.07) is 6.14. The third-order valence-corrected chi connectivity index (χ3v) is 4.39. The zero-order valence-electron chi connectivity index (χ0n) is 11.4. The molecule has 20 heavy (non-hydrogen) atoms. The van der Waals surface area contributed by atoms with E-state index in [2.05, 4.69) is 21.2 Å². The number of nitrogens with zero attached hydrogens (tertiary/aromatic N) is 1. The monoisotopic (exact) mass is 336 g/mol. The predicted molar refractivity (Wildman–Crippen MR) is 80.5 cm³/mol. The number of hydrogen-bond acceptors (Lipinski definition) is 2. The summed E-state index contributed by atoms with van der Waals surface area (Å²) in [6.07, 6.45) is 2.69. The summed E-state index contributed by atoms with van der Waals surface area (Å²) in [5, 5.41) is 2.93. The molecule has 1 saturated heterocycles. The quantitative estimate of drug-likeness (QED) is 0.861. The van der Waals surface area contributed by atoms with E-state index in [1.54, 1.807) is 4.90 Å². The second kappa shape index (κ2) is 5.20. The van der Waals surface area contributed by atoms with Gasteiger partial charge in [-0.15, -0.1) is 0 Å². The smallest absolute Gasteiger partial charge is 0.239 e. The van der Waals surface area contributed by atoms with Crippen LogP contribution in [-0.4, -0.2) is 24.4 Å². The maximum atomic E-state index is 12.4. The molecule has 0 spiro atoms. The van der Waals surface area contributed by atoms with Gasteiger partial charge in [-0.3, -0.25) is 9.59 Å². The standard InChI is InChI=1S/C15H17BrN2O2/c1-9-8-10(16)2-5-13(9)18-7-6-12(15(18)20)14(19)17-11-3-4-11/h2,5,8,11-12H,3-4,6-7H2,1H3,(H,17,19)/t12-/m1/s1. The fourth-order valence-electron chi connectivity index (χ4n) is 2.61. The van der Waals surface area contributed by atoms with Crippen LogP contribution < -0.4 is 10.2 Å². The molecular weight excluding hydrogens is 320 g/mol. The third-order valence-electron chi connectivity index (χ3n) is 3.90. The van der Waals surface area contributed by atoms with E-state index in [9.17, 15) is 9.59 Å². The summed E-state index contributed by atoms with van der Waals surface area (Å²) in [4.78, 5) is 26.2. The van der Waals surface area contributed by atoms with Crippen molar-refractivity contribution in [2.75, 3.05) is 11.4 Å². The van der Waals surface area contributed by atoms with Gasteiger partial charge in [0.05, 0.1) is 0 Å². The molecule has 1 N–H and O–H groups in total. The summed E-state index contributed by atoms with van der Waals surface area (Å²) in [5.41, 5.74) is 1.94. The van der Waals surface area contributed by atoms with E-state index in [4.69, 9.17) is 0 Å². The summed E-state index contributed by atoms with van der Waals surface area (Å²) < 4.78 is 0.994. The Kier molecular flexibility index (Phi) is 3.54.